The number of esters is 1. The molecule has 0 radical (unpaired) electrons. The van der Waals surface area contributed by atoms with Gasteiger partial charge in [0.2, 0.25) is 12.7 Å². The molecule has 14 heteroatoms. The molecule has 1 aromatic heterocycles. The van der Waals surface area contributed by atoms with Gasteiger partial charge in [0.05, 0.1) is 15.9 Å². The highest BCUT2D eigenvalue weighted by atomic mass is 35.5. The Hall–Kier alpha value is -2.82. The molecule has 1 aromatic carbocycles. The van der Waals surface area contributed by atoms with Crippen molar-refractivity contribution in [3.8, 4) is 11.6 Å². The van der Waals surface area contributed by atoms with Crippen LogP contribution in [-0.4, -0.2) is 22.7 Å². The number of carbonyl (C=O) groups excluding carboxylic acids is 1. The molecule has 0 saturated heterocycles. The molecule has 0 aliphatic heterocycles. The van der Waals surface area contributed by atoms with Crippen LogP contribution in [0.4, 0.5) is 18.9 Å². The number of ether oxygens (including phenoxy) is 2. The zero-order valence-electron chi connectivity index (χ0n) is 18.4. The van der Waals surface area contributed by atoms with Crippen LogP contribution in [0.25, 0.3) is 0 Å². The molecule has 9 nitrogen and oxygen atoms in total. The Bertz CT molecular complexity index is 1120. The Labute approximate surface area is 198 Å². The van der Waals surface area contributed by atoms with E-state index in [0.717, 1.165) is 12.1 Å². The number of aryl methyl sites for hydroxylation is 1. The molecule has 0 bridgehead atoms. The summed E-state index contributed by atoms with van der Waals surface area (Å²) in [6.45, 7) is 5.70. The number of pyridine rings is 1. The lowest BCUT2D eigenvalue weighted by Crippen LogP contribution is -2.23. The number of nitro benzene ring substituents is 1. The number of nitro groups is 1. The largest absolute Gasteiger partial charge is 0.559 e. The first kappa shape index (κ1) is 27.4. The maximum Gasteiger partial charge on any atom is 0.559 e. The zero-order valence-corrected chi connectivity index (χ0v) is 20.1. The lowest BCUT2D eigenvalue weighted by molar-refractivity contribution is -0.383. The number of rotatable bonds is 8. The summed E-state index contributed by atoms with van der Waals surface area (Å²) in [6, 6.07) is 2.77. The average Bonchev–Trinajstić information content (AvgIpc) is 2.72. The van der Waals surface area contributed by atoms with Crippen LogP contribution in [0, 0.1) is 15.5 Å². The van der Waals surface area contributed by atoms with Crippen LogP contribution in [0.5, 0.6) is 11.6 Å². The van der Waals surface area contributed by atoms with Crippen LogP contribution in [0.15, 0.2) is 24.4 Å². The molecule has 0 saturated carbocycles. The molecule has 1 heterocycles. The quantitative estimate of drug-likeness (QED) is 0.137. The van der Waals surface area contributed by atoms with Gasteiger partial charge in [-0.3, -0.25) is 14.9 Å². The van der Waals surface area contributed by atoms with E-state index in [9.17, 15) is 32.6 Å². The number of benzene rings is 1. The first-order valence-corrected chi connectivity index (χ1v) is 11.2. The van der Waals surface area contributed by atoms with E-state index in [4.69, 9.17) is 25.6 Å². The molecule has 0 fully saturated rings. The van der Waals surface area contributed by atoms with Crippen LogP contribution in [0.1, 0.15) is 38.8 Å². The van der Waals surface area contributed by atoms with E-state index in [1.807, 2.05) is 0 Å². The fraction of sp³-hybridized carbons (Fsp3) is 0.400. The monoisotopic (exact) mass is 523 g/mol. The molecule has 0 amide bonds. The Morgan fingerprint density at radius 2 is 1.88 bits per heavy atom. The van der Waals surface area contributed by atoms with Gasteiger partial charge >= 0.3 is 31.2 Å². The van der Waals surface area contributed by atoms with Crippen molar-refractivity contribution in [2.24, 2.45) is 5.41 Å². The van der Waals surface area contributed by atoms with Gasteiger partial charge in [-0.15, -0.1) is 0 Å². The SMILES string of the molecule is CCc1cc([N+](=O)[O-])c([P+](=O)OCOC(=O)C(C)(C)C)cc1Oc1ncc(C(F)(F)F)cc1Cl. The van der Waals surface area contributed by atoms with E-state index >= 15 is 0 Å². The van der Waals surface area contributed by atoms with E-state index in [1.54, 1.807) is 27.7 Å². The molecule has 184 valence electrons. The molecule has 2 rings (SSSR count). The average molecular weight is 524 g/mol. The van der Waals surface area contributed by atoms with E-state index < -0.39 is 53.6 Å². The Morgan fingerprint density at radius 3 is 2.38 bits per heavy atom. The number of aromatic nitrogens is 1. The molecule has 0 aliphatic rings. The van der Waals surface area contributed by atoms with Gasteiger partial charge in [0.15, 0.2) is 0 Å². The number of nitrogens with zero attached hydrogens (tertiary/aromatic N) is 2. The van der Waals surface area contributed by atoms with Crippen LogP contribution in [-0.2, 0) is 31.2 Å². The number of carbonyl (C=O) groups is 1. The number of alkyl halides is 3. The third kappa shape index (κ3) is 6.85. The van der Waals surface area contributed by atoms with Crippen LogP contribution in [0.3, 0.4) is 0 Å². The van der Waals surface area contributed by atoms with Crippen molar-refractivity contribution in [1.82, 2.24) is 4.98 Å². The minimum Gasteiger partial charge on any atom is -0.437 e. The van der Waals surface area contributed by atoms with Crippen molar-refractivity contribution in [3.63, 3.8) is 0 Å². The normalized spacial score (nSPS) is 12.3. The zero-order chi connectivity index (χ0) is 25.8. The highest BCUT2D eigenvalue weighted by molar-refractivity contribution is 7.48. The standard InChI is InChI=1S/C20H20ClF3N2O7P/c1-5-11-6-14(26(28)29)16(34(30)32-10-31-18(27)19(2,3)4)8-15(11)33-17-13(21)7-12(9-25-17)20(22,23)24/h6-9H,5,10H2,1-4H3/q+1. The van der Waals surface area contributed by atoms with E-state index in [2.05, 4.69) is 4.98 Å². The molecule has 0 spiro atoms. The third-order valence-electron chi connectivity index (χ3n) is 4.25. The van der Waals surface area contributed by atoms with Gasteiger partial charge in [0.25, 0.3) is 0 Å². The maximum absolute atomic E-state index is 12.8. The fourth-order valence-electron chi connectivity index (χ4n) is 2.44. The number of hydrogen-bond acceptors (Lipinski definition) is 8. The second-order valence-corrected chi connectivity index (χ2v) is 9.52. The Kier molecular flexibility index (Phi) is 8.57. The predicted molar refractivity (Wildman–Crippen MR) is 116 cm³/mol. The maximum atomic E-state index is 12.8. The lowest BCUT2D eigenvalue weighted by Gasteiger charge is -2.14. The van der Waals surface area contributed by atoms with E-state index in [-0.39, 0.29) is 28.9 Å². The van der Waals surface area contributed by atoms with E-state index in [0.29, 0.717) is 12.3 Å². The molecular formula is C20H20ClF3N2O7P+. The molecule has 1 atom stereocenters. The summed E-state index contributed by atoms with van der Waals surface area (Å²) in [5, 5.41) is 10.7. The predicted octanol–water partition coefficient (Wildman–Crippen LogP) is 5.95. The van der Waals surface area contributed by atoms with Gasteiger partial charge in [0.1, 0.15) is 10.8 Å². The van der Waals surface area contributed by atoms with Gasteiger partial charge in [-0.25, -0.2) is 4.98 Å². The fourth-order valence-corrected chi connectivity index (χ4v) is 3.49. The van der Waals surface area contributed by atoms with Crippen molar-refractivity contribution in [1.29, 1.82) is 0 Å². The number of halogens is 4. The summed E-state index contributed by atoms with van der Waals surface area (Å²) in [5.74, 6) is -1.10. The minimum atomic E-state index is -4.67. The lowest BCUT2D eigenvalue weighted by atomic mass is 9.98. The molecule has 1 unspecified atom stereocenters. The summed E-state index contributed by atoms with van der Waals surface area (Å²) >= 11 is 5.87. The van der Waals surface area contributed by atoms with Gasteiger partial charge in [-0.1, -0.05) is 23.0 Å². The highest BCUT2D eigenvalue weighted by Crippen LogP contribution is 2.38. The van der Waals surface area contributed by atoms with Crippen LogP contribution in [0.2, 0.25) is 5.02 Å². The summed E-state index contributed by atoms with van der Waals surface area (Å²) < 4.78 is 66.5. The van der Waals surface area contributed by atoms with Gasteiger partial charge in [-0.2, -0.15) is 13.2 Å². The molecule has 0 aliphatic carbocycles. The second kappa shape index (κ2) is 10.6. The molecule has 0 N–H and O–H groups in total. The topological polar surface area (TPSA) is 118 Å². The highest BCUT2D eigenvalue weighted by Gasteiger charge is 2.37. The Balaban J connectivity index is 2.37. The van der Waals surface area contributed by atoms with Gasteiger partial charge < -0.3 is 9.47 Å². The summed E-state index contributed by atoms with van der Waals surface area (Å²) in [5.41, 5.74) is -2.21. The van der Waals surface area contributed by atoms with E-state index in [1.165, 1.54) is 0 Å². The van der Waals surface area contributed by atoms with Crippen molar-refractivity contribution in [2.75, 3.05) is 6.79 Å². The van der Waals surface area contributed by atoms with Gasteiger partial charge in [0, 0.05) is 23.9 Å². The van der Waals surface area contributed by atoms with Crippen LogP contribution < -0.4 is 10.0 Å². The van der Waals surface area contributed by atoms with Crippen molar-refractivity contribution < 1.29 is 41.5 Å². The summed E-state index contributed by atoms with van der Waals surface area (Å²) in [6.07, 6.45) is -3.93. The smallest absolute Gasteiger partial charge is 0.437 e. The third-order valence-corrected chi connectivity index (χ3v) is 5.61. The first-order valence-electron chi connectivity index (χ1n) is 9.64. The molecule has 2 aromatic rings. The first-order chi connectivity index (χ1) is 15.6. The second-order valence-electron chi connectivity index (χ2n) is 7.86. The summed E-state index contributed by atoms with van der Waals surface area (Å²) in [4.78, 5) is 26.1. The molecular weight excluding hydrogens is 504 g/mol. The van der Waals surface area contributed by atoms with Crippen LogP contribution >= 0.6 is 19.6 Å². The minimum absolute atomic E-state index is 0.0732. The Morgan fingerprint density at radius 1 is 1.24 bits per heavy atom. The van der Waals surface area contributed by atoms with Crippen molar-refractivity contribution in [3.05, 3.63) is 50.7 Å². The van der Waals surface area contributed by atoms with Crippen molar-refractivity contribution in [2.45, 2.75) is 40.3 Å². The number of hydrogen-bond donors (Lipinski definition) is 0. The van der Waals surface area contributed by atoms with Crippen molar-refractivity contribution >= 4 is 36.6 Å². The molecule has 34 heavy (non-hydrogen) atoms. The van der Waals surface area contributed by atoms with Gasteiger partial charge in [-0.05, 0) is 37.8 Å². The summed E-state index contributed by atoms with van der Waals surface area (Å²) in [7, 11) is -2.88.